The van der Waals surface area contributed by atoms with Gasteiger partial charge in [-0.2, -0.15) is 5.10 Å². The molecule has 0 saturated heterocycles. The molecule has 140 valence electrons. The molecule has 1 atom stereocenters. The molecule has 1 N–H and O–H groups in total. The number of carbonyl (C=O) groups is 1. The molecule has 0 aliphatic rings. The maximum absolute atomic E-state index is 13.3. The van der Waals surface area contributed by atoms with E-state index in [0.717, 1.165) is 0 Å². The highest BCUT2D eigenvalue weighted by molar-refractivity contribution is 5.94. The molecule has 1 amide bonds. The smallest absolute Gasteiger partial charge is 0.270 e. The first kappa shape index (κ1) is 18.8. The van der Waals surface area contributed by atoms with Crippen LogP contribution in [0.5, 0.6) is 0 Å². The third kappa shape index (κ3) is 4.22. The minimum absolute atomic E-state index is 0.0247. The SMILES string of the molecule is CC(C)C(C)NC(=O)c1cc(-c2ccc(F)cc2)nn1-c1ccc(F)cc1. The Hall–Kier alpha value is -3.02. The van der Waals surface area contributed by atoms with Gasteiger partial charge in [-0.1, -0.05) is 13.8 Å². The molecule has 3 aromatic rings. The average Bonchev–Trinajstić information content (AvgIpc) is 3.08. The first-order chi connectivity index (χ1) is 12.8. The minimum atomic E-state index is -0.371. The van der Waals surface area contributed by atoms with Crippen LogP contribution in [0.1, 0.15) is 31.3 Å². The molecule has 27 heavy (non-hydrogen) atoms. The topological polar surface area (TPSA) is 46.9 Å². The molecule has 1 aromatic heterocycles. The summed E-state index contributed by atoms with van der Waals surface area (Å²) in [4.78, 5) is 12.8. The van der Waals surface area contributed by atoms with Crippen LogP contribution in [-0.4, -0.2) is 21.7 Å². The van der Waals surface area contributed by atoms with Crippen LogP contribution in [0.25, 0.3) is 16.9 Å². The van der Waals surface area contributed by atoms with Crippen molar-refractivity contribution in [2.75, 3.05) is 0 Å². The number of hydrogen-bond donors (Lipinski definition) is 1. The number of rotatable bonds is 5. The minimum Gasteiger partial charge on any atom is -0.348 e. The van der Waals surface area contributed by atoms with Crippen molar-refractivity contribution < 1.29 is 13.6 Å². The first-order valence-corrected chi connectivity index (χ1v) is 8.78. The third-order valence-electron chi connectivity index (χ3n) is 4.51. The number of halogens is 2. The summed E-state index contributed by atoms with van der Waals surface area (Å²) in [6, 6.07) is 13.2. The molecule has 6 heteroatoms. The van der Waals surface area contributed by atoms with Crippen LogP contribution in [0, 0.1) is 17.6 Å². The van der Waals surface area contributed by atoms with Crippen molar-refractivity contribution in [2.24, 2.45) is 5.92 Å². The zero-order chi connectivity index (χ0) is 19.6. The van der Waals surface area contributed by atoms with Crippen molar-refractivity contribution in [1.82, 2.24) is 15.1 Å². The van der Waals surface area contributed by atoms with E-state index in [1.807, 2.05) is 20.8 Å². The number of benzene rings is 2. The van der Waals surface area contributed by atoms with Crippen molar-refractivity contribution in [2.45, 2.75) is 26.8 Å². The zero-order valence-corrected chi connectivity index (χ0v) is 15.4. The molecule has 0 fully saturated rings. The summed E-state index contributed by atoms with van der Waals surface area (Å²) in [5.74, 6) is -0.723. The predicted octanol–water partition coefficient (Wildman–Crippen LogP) is 4.59. The van der Waals surface area contributed by atoms with Gasteiger partial charge in [-0.25, -0.2) is 13.5 Å². The van der Waals surface area contributed by atoms with Crippen molar-refractivity contribution in [3.8, 4) is 16.9 Å². The Kier molecular flexibility index (Phi) is 5.35. The summed E-state index contributed by atoms with van der Waals surface area (Å²) in [6.45, 7) is 5.97. The summed E-state index contributed by atoms with van der Waals surface area (Å²) < 4.78 is 28.0. The van der Waals surface area contributed by atoms with Gasteiger partial charge in [-0.15, -0.1) is 0 Å². The van der Waals surface area contributed by atoms with Crippen molar-refractivity contribution >= 4 is 5.91 Å². The van der Waals surface area contributed by atoms with E-state index in [1.54, 1.807) is 30.3 Å². The van der Waals surface area contributed by atoms with E-state index in [2.05, 4.69) is 10.4 Å². The van der Waals surface area contributed by atoms with Crippen molar-refractivity contribution in [3.63, 3.8) is 0 Å². The number of nitrogens with zero attached hydrogens (tertiary/aromatic N) is 2. The second kappa shape index (κ2) is 7.70. The largest absolute Gasteiger partial charge is 0.348 e. The van der Waals surface area contributed by atoms with Gasteiger partial charge < -0.3 is 5.32 Å². The number of nitrogens with one attached hydrogen (secondary N) is 1. The maximum atomic E-state index is 13.3. The monoisotopic (exact) mass is 369 g/mol. The predicted molar refractivity (Wildman–Crippen MR) is 101 cm³/mol. The van der Waals surface area contributed by atoms with Gasteiger partial charge in [0.2, 0.25) is 0 Å². The number of hydrogen-bond acceptors (Lipinski definition) is 2. The van der Waals surface area contributed by atoms with E-state index in [0.29, 0.717) is 22.6 Å². The highest BCUT2D eigenvalue weighted by Gasteiger charge is 2.20. The molecule has 2 aromatic carbocycles. The van der Waals surface area contributed by atoms with E-state index < -0.39 is 0 Å². The van der Waals surface area contributed by atoms with E-state index in [-0.39, 0.29) is 29.5 Å². The second-order valence-electron chi connectivity index (χ2n) is 6.82. The van der Waals surface area contributed by atoms with Crippen LogP contribution in [0.3, 0.4) is 0 Å². The molecule has 0 aliphatic carbocycles. The van der Waals surface area contributed by atoms with E-state index in [4.69, 9.17) is 0 Å². The first-order valence-electron chi connectivity index (χ1n) is 8.78. The molecule has 0 bridgehead atoms. The van der Waals surface area contributed by atoms with Gasteiger partial charge >= 0.3 is 0 Å². The van der Waals surface area contributed by atoms with Gasteiger partial charge in [0.25, 0.3) is 5.91 Å². The lowest BCUT2D eigenvalue weighted by Crippen LogP contribution is -2.37. The van der Waals surface area contributed by atoms with Crippen molar-refractivity contribution in [3.05, 3.63) is 71.9 Å². The summed E-state index contributed by atoms with van der Waals surface area (Å²) in [5.41, 5.74) is 2.10. The van der Waals surface area contributed by atoms with Gasteiger partial charge in [0.1, 0.15) is 17.3 Å². The summed E-state index contributed by atoms with van der Waals surface area (Å²) >= 11 is 0. The molecule has 0 saturated carbocycles. The maximum Gasteiger partial charge on any atom is 0.270 e. The molecule has 0 spiro atoms. The third-order valence-corrected chi connectivity index (χ3v) is 4.51. The van der Waals surface area contributed by atoms with Gasteiger partial charge in [0, 0.05) is 11.6 Å². The van der Waals surface area contributed by atoms with Gasteiger partial charge in [-0.3, -0.25) is 4.79 Å². The molecule has 1 heterocycles. The fourth-order valence-electron chi connectivity index (χ4n) is 2.53. The Morgan fingerprint density at radius 2 is 1.52 bits per heavy atom. The molecular weight excluding hydrogens is 348 g/mol. The fourth-order valence-corrected chi connectivity index (χ4v) is 2.53. The lowest BCUT2D eigenvalue weighted by Gasteiger charge is -2.17. The normalized spacial score (nSPS) is 12.2. The van der Waals surface area contributed by atoms with Crippen LogP contribution in [0.15, 0.2) is 54.6 Å². The standard InChI is InChI=1S/C21H21F2N3O/c1-13(2)14(3)24-21(27)20-12-19(15-4-6-16(22)7-5-15)25-26(20)18-10-8-17(23)9-11-18/h4-14H,1-3H3,(H,24,27). The highest BCUT2D eigenvalue weighted by Crippen LogP contribution is 2.22. The molecule has 1 unspecified atom stereocenters. The summed E-state index contributed by atoms with van der Waals surface area (Å²) in [7, 11) is 0. The fraction of sp³-hybridized carbons (Fsp3) is 0.238. The van der Waals surface area contributed by atoms with Crippen LogP contribution in [-0.2, 0) is 0 Å². The molecule has 3 rings (SSSR count). The Bertz CT molecular complexity index is 931. The lowest BCUT2D eigenvalue weighted by molar-refractivity contribution is 0.0922. The Balaban J connectivity index is 2.04. The van der Waals surface area contributed by atoms with Crippen LogP contribution in [0.4, 0.5) is 8.78 Å². The Labute approximate surface area is 156 Å². The molecule has 0 aliphatic heterocycles. The van der Waals surface area contributed by atoms with Gasteiger partial charge in [-0.05, 0) is 67.4 Å². The average molecular weight is 369 g/mol. The molecule has 0 radical (unpaired) electrons. The summed E-state index contributed by atoms with van der Waals surface area (Å²) in [5, 5.41) is 7.45. The Morgan fingerprint density at radius 3 is 2.07 bits per heavy atom. The second-order valence-corrected chi connectivity index (χ2v) is 6.82. The summed E-state index contributed by atoms with van der Waals surface area (Å²) in [6.07, 6.45) is 0. The molecular formula is C21H21F2N3O. The number of aromatic nitrogens is 2. The van der Waals surface area contributed by atoms with Gasteiger partial charge in [0.05, 0.1) is 11.4 Å². The Morgan fingerprint density at radius 1 is 0.963 bits per heavy atom. The number of amides is 1. The van der Waals surface area contributed by atoms with Crippen LogP contribution >= 0.6 is 0 Å². The quantitative estimate of drug-likeness (QED) is 0.715. The van der Waals surface area contributed by atoms with Crippen LogP contribution < -0.4 is 5.32 Å². The zero-order valence-electron chi connectivity index (χ0n) is 15.4. The van der Waals surface area contributed by atoms with E-state index in [1.165, 1.54) is 28.9 Å². The van der Waals surface area contributed by atoms with Gasteiger partial charge in [0.15, 0.2) is 0 Å². The van der Waals surface area contributed by atoms with Crippen LogP contribution in [0.2, 0.25) is 0 Å². The number of carbonyl (C=O) groups excluding carboxylic acids is 1. The van der Waals surface area contributed by atoms with E-state index >= 15 is 0 Å². The van der Waals surface area contributed by atoms with E-state index in [9.17, 15) is 13.6 Å². The molecule has 4 nitrogen and oxygen atoms in total. The lowest BCUT2D eigenvalue weighted by atomic mass is 10.1. The van der Waals surface area contributed by atoms with Crippen molar-refractivity contribution in [1.29, 1.82) is 0 Å². The highest BCUT2D eigenvalue weighted by atomic mass is 19.1.